The van der Waals surface area contributed by atoms with Crippen molar-refractivity contribution in [3.63, 3.8) is 0 Å². The Morgan fingerprint density at radius 3 is 2.35 bits per heavy atom. The van der Waals surface area contributed by atoms with Crippen LogP contribution in [0.25, 0.3) is 0 Å². The average molecular weight is 342 g/mol. The van der Waals surface area contributed by atoms with E-state index >= 15 is 0 Å². The molecule has 1 N–H and O–H groups in total. The second-order valence-electron chi connectivity index (χ2n) is 6.06. The van der Waals surface area contributed by atoms with Crippen molar-refractivity contribution < 1.29 is 22.7 Å². The molecular weight excluding hydrogens is 320 g/mol. The van der Waals surface area contributed by atoms with Crippen molar-refractivity contribution in [2.75, 3.05) is 25.2 Å². The average Bonchev–Trinajstić information content (AvgIpc) is 2.41. The monoisotopic (exact) mass is 342 g/mol. The molecule has 0 radical (unpaired) electrons. The molecule has 0 aliphatic heterocycles. The Kier molecular flexibility index (Phi) is 5.90. The molecule has 0 saturated heterocycles. The number of nitrogens with one attached hydrogen (secondary N) is 1. The SMILES string of the molecule is COC(=O)c1cccc(NC(=O)CN(C(C)(C)C)S(C)(=O)=O)c1. The first-order valence-corrected chi connectivity index (χ1v) is 8.76. The van der Waals surface area contributed by atoms with Crippen LogP contribution in [0.3, 0.4) is 0 Å². The summed E-state index contributed by atoms with van der Waals surface area (Å²) in [6, 6.07) is 6.22. The van der Waals surface area contributed by atoms with Gasteiger partial charge in [-0.1, -0.05) is 6.07 Å². The fraction of sp³-hybridized carbons (Fsp3) is 0.467. The van der Waals surface area contributed by atoms with Gasteiger partial charge in [-0.2, -0.15) is 4.31 Å². The van der Waals surface area contributed by atoms with Gasteiger partial charge in [0.1, 0.15) is 0 Å². The van der Waals surface area contributed by atoms with E-state index in [1.807, 2.05) is 0 Å². The summed E-state index contributed by atoms with van der Waals surface area (Å²) in [6.45, 7) is 4.81. The molecule has 0 fully saturated rings. The molecule has 1 amide bonds. The van der Waals surface area contributed by atoms with Crippen molar-refractivity contribution in [2.45, 2.75) is 26.3 Å². The Balaban J connectivity index is 2.90. The lowest BCUT2D eigenvalue weighted by Gasteiger charge is -2.32. The summed E-state index contributed by atoms with van der Waals surface area (Å²) in [5.41, 5.74) is -0.0416. The van der Waals surface area contributed by atoms with Crippen molar-refractivity contribution in [3.8, 4) is 0 Å². The maximum atomic E-state index is 12.1. The second-order valence-corrected chi connectivity index (χ2v) is 7.97. The van der Waals surface area contributed by atoms with Crippen LogP contribution in [-0.4, -0.2) is 50.0 Å². The zero-order chi connectivity index (χ0) is 17.8. The maximum absolute atomic E-state index is 12.1. The molecular formula is C15H22N2O5S. The lowest BCUT2D eigenvalue weighted by Crippen LogP contribution is -2.48. The zero-order valence-electron chi connectivity index (χ0n) is 13.9. The predicted octanol–water partition coefficient (Wildman–Crippen LogP) is 1.47. The Bertz CT molecular complexity index is 692. The molecule has 0 unspecified atom stereocenters. The van der Waals surface area contributed by atoms with Crippen LogP contribution in [0.5, 0.6) is 0 Å². The van der Waals surface area contributed by atoms with Gasteiger partial charge in [-0.25, -0.2) is 13.2 Å². The lowest BCUT2D eigenvalue weighted by atomic mass is 10.1. The van der Waals surface area contributed by atoms with Crippen molar-refractivity contribution >= 4 is 27.6 Å². The van der Waals surface area contributed by atoms with Crippen LogP contribution in [0.2, 0.25) is 0 Å². The standard InChI is InChI=1S/C15H22N2O5S/c1-15(2,3)17(23(5,20)21)10-13(18)16-12-8-6-7-11(9-12)14(19)22-4/h6-9H,10H2,1-5H3,(H,16,18). The third-order valence-electron chi connectivity index (χ3n) is 3.00. The van der Waals surface area contributed by atoms with Crippen molar-refractivity contribution in [3.05, 3.63) is 29.8 Å². The molecule has 0 saturated carbocycles. The highest BCUT2D eigenvalue weighted by molar-refractivity contribution is 7.88. The first-order chi connectivity index (χ1) is 10.4. The summed E-state index contributed by atoms with van der Waals surface area (Å²) >= 11 is 0. The molecule has 0 aromatic heterocycles. The van der Waals surface area contributed by atoms with Gasteiger partial charge in [0.05, 0.1) is 25.5 Å². The van der Waals surface area contributed by atoms with E-state index in [0.717, 1.165) is 10.6 Å². The smallest absolute Gasteiger partial charge is 0.337 e. The van der Waals surface area contributed by atoms with Gasteiger partial charge in [-0.3, -0.25) is 4.79 Å². The number of sulfonamides is 1. The van der Waals surface area contributed by atoms with Gasteiger partial charge in [-0.15, -0.1) is 0 Å². The maximum Gasteiger partial charge on any atom is 0.337 e. The number of benzene rings is 1. The van der Waals surface area contributed by atoms with Crippen LogP contribution in [0.4, 0.5) is 5.69 Å². The minimum Gasteiger partial charge on any atom is -0.465 e. The normalized spacial score (nSPS) is 12.1. The molecule has 0 aliphatic rings. The highest BCUT2D eigenvalue weighted by Crippen LogP contribution is 2.18. The van der Waals surface area contributed by atoms with E-state index in [9.17, 15) is 18.0 Å². The third-order valence-corrected chi connectivity index (χ3v) is 4.48. The Morgan fingerprint density at radius 2 is 1.87 bits per heavy atom. The number of hydrogen-bond donors (Lipinski definition) is 1. The topological polar surface area (TPSA) is 92.8 Å². The molecule has 0 atom stereocenters. The lowest BCUT2D eigenvalue weighted by molar-refractivity contribution is -0.117. The highest BCUT2D eigenvalue weighted by atomic mass is 32.2. The number of rotatable bonds is 5. The van der Waals surface area contributed by atoms with Crippen LogP contribution in [0.15, 0.2) is 24.3 Å². The predicted molar refractivity (Wildman–Crippen MR) is 87.7 cm³/mol. The van der Waals surface area contributed by atoms with E-state index in [4.69, 9.17) is 0 Å². The van der Waals surface area contributed by atoms with Crippen LogP contribution < -0.4 is 5.32 Å². The van der Waals surface area contributed by atoms with Crippen molar-refractivity contribution in [1.29, 1.82) is 0 Å². The molecule has 1 aromatic rings. The summed E-state index contributed by atoms with van der Waals surface area (Å²) in [4.78, 5) is 23.6. The summed E-state index contributed by atoms with van der Waals surface area (Å²) in [7, 11) is -2.27. The second kappa shape index (κ2) is 7.10. The van der Waals surface area contributed by atoms with Gasteiger partial charge < -0.3 is 10.1 Å². The first-order valence-electron chi connectivity index (χ1n) is 6.91. The van der Waals surface area contributed by atoms with Gasteiger partial charge >= 0.3 is 5.97 Å². The number of hydrogen-bond acceptors (Lipinski definition) is 5. The molecule has 0 aliphatic carbocycles. The van der Waals surface area contributed by atoms with Gasteiger partial charge in [-0.05, 0) is 39.0 Å². The molecule has 0 heterocycles. The number of carbonyl (C=O) groups excluding carboxylic acids is 2. The first kappa shape index (κ1) is 19.1. The fourth-order valence-corrected chi connectivity index (χ4v) is 3.37. The molecule has 7 nitrogen and oxygen atoms in total. The quantitative estimate of drug-likeness (QED) is 0.818. The van der Waals surface area contributed by atoms with E-state index < -0.39 is 27.4 Å². The summed E-state index contributed by atoms with van der Waals surface area (Å²) in [6.07, 6.45) is 1.06. The fourth-order valence-electron chi connectivity index (χ4n) is 2.02. The minimum absolute atomic E-state index is 0.293. The zero-order valence-corrected chi connectivity index (χ0v) is 14.7. The van der Waals surface area contributed by atoms with E-state index in [0.29, 0.717) is 11.3 Å². The van der Waals surface area contributed by atoms with Crippen LogP contribution in [0.1, 0.15) is 31.1 Å². The van der Waals surface area contributed by atoms with Gasteiger partial charge in [0.15, 0.2) is 0 Å². The number of ether oxygens (including phenoxy) is 1. The van der Waals surface area contributed by atoms with Gasteiger partial charge in [0.25, 0.3) is 0 Å². The Morgan fingerprint density at radius 1 is 1.26 bits per heavy atom. The van der Waals surface area contributed by atoms with E-state index in [2.05, 4.69) is 10.1 Å². The number of anilines is 1. The molecule has 128 valence electrons. The molecule has 0 bridgehead atoms. The van der Waals surface area contributed by atoms with Crippen LogP contribution >= 0.6 is 0 Å². The van der Waals surface area contributed by atoms with Gasteiger partial charge in [0, 0.05) is 11.2 Å². The number of nitrogens with zero attached hydrogens (tertiary/aromatic N) is 1. The molecule has 0 spiro atoms. The molecule has 23 heavy (non-hydrogen) atoms. The summed E-state index contributed by atoms with van der Waals surface area (Å²) in [5.74, 6) is -1.01. The number of esters is 1. The number of methoxy groups -OCH3 is 1. The molecule has 8 heteroatoms. The Labute approximate surface area is 136 Å². The largest absolute Gasteiger partial charge is 0.465 e. The van der Waals surface area contributed by atoms with Gasteiger partial charge in [0.2, 0.25) is 15.9 Å². The number of carbonyl (C=O) groups is 2. The van der Waals surface area contributed by atoms with Crippen molar-refractivity contribution in [1.82, 2.24) is 4.31 Å². The number of amides is 1. The third kappa shape index (κ3) is 5.65. The summed E-state index contributed by atoms with van der Waals surface area (Å²) in [5, 5.41) is 2.58. The minimum atomic E-state index is -3.54. The summed E-state index contributed by atoms with van der Waals surface area (Å²) < 4.78 is 29.4. The van der Waals surface area contributed by atoms with Crippen LogP contribution in [-0.2, 0) is 19.6 Å². The van der Waals surface area contributed by atoms with Crippen molar-refractivity contribution in [2.24, 2.45) is 0 Å². The van der Waals surface area contributed by atoms with Crippen LogP contribution in [0, 0.1) is 0 Å². The Hall–Kier alpha value is -1.93. The van der Waals surface area contributed by atoms with E-state index in [-0.39, 0.29) is 6.54 Å². The highest BCUT2D eigenvalue weighted by Gasteiger charge is 2.31. The van der Waals surface area contributed by atoms with E-state index in [1.165, 1.54) is 13.2 Å². The van der Waals surface area contributed by atoms with E-state index in [1.54, 1.807) is 39.0 Å². The molecule has 1 aromatic carbocycles. The molecule has 1 rings (SSSR count).